The number of methoxy groups -OCH3 is 1. The van der Waals surface area contributed by atoms with E-state index in [9.17, 15) is 5.26 Å². The Kier molecular flexibility index (Phi) is 4.28. The molecule has 130 valence electrons. The molecule has 1 saturated heterocycles. The van der Waals surface area contributed by atoms with Crippen molar-refractivity contribution in [1.29, 1.82) is 5.26 Å². The van der Waals surface area contributed by atoms with Crippen LogP contribution in [0, 0.1) is 11.3 Å². The molecule has 0 N–H and O–H groups in total. The molecule has 0 unspecified atom stereocenters. The van der Waals surface area contributed by atoms with Crippen molar-refractivity contribution in [2.45, 2.75) is 12.3 Å². The SMILES string of the molecule is COc1ccccc1-n1nc(C#N)c(N2CC[C@@H](c3ccccc3)C2)n1. The predicted octanol–water partition coefficient (Wildman–Crippen LogP) is 3.14. The van der Waals surface area contributed by atoms with Gasteiger partial charge in [0.05, 0.1) is 7.11 Å². The van der Waals surface area contributed by atoms with E-state index in [4.69, 9.17) is 4.74 Å². The van der Waals surface area contributed by atoms with Crippen molar-refractivity contribution in [3.63, 3.8) is 0 Å². The van der Waals surface area contributed by atoms with Gasteiger partial charge in [0, 0.05) is 19.0 Å². The standard InChI is InChI=1S/C20H19N5O/c1-26-19-10-6-5-9-18(19)25-22-17(13-21)20(23-25)24-12-11-16(14-24)15-7-3-2-4-8-15/h2-10,16H,11-12,14H2,1H3/t16-/m1/s1. The highest BCUT2D eigenvalue weighted by molar-refractivity contribution is 5.53. The van der Waals surface area contributed by atoms with E-state index in [0.717, 1.165) is 25.2 Å². The van der Waals surface area contributed by atoms with Crippen LogP contribution in [0.15, 0.2) is 54.6 Å². The maximum atomic E-state index is 9.52. The number of benzene rings is 2. The Bertz CT molecular complexity index is 944. The highest BCUT2D eigenvalue weighted by atomic mass is 16.5. The second-order valence-electron chi connectivity index (χ2n) is 6.29. The first-order valence-electron chi connectivity index (χ1n) is 8.61. The lowest BCUT2D eigenvalue weighted by molar-refractivity contribution is 0.410. The van der Waals surface area contributed by atoms with Crippen LogP contribution in [0.2, 0.25) is 0 Å². The van der Waals surface area contributed by atoms with E-state index in [1.807, 2.05) is 30.3 Å². The van der Waals surface area contributed by atoms with Gasteiger partial charge in [0.1, 0.15) is 17.5 Å². The number of hydrogen-bond acceptors (Lipinski definition) is 5. The van der Waals surface area contributed by atoms with Crippen LogP contribution < -0.4 is 9.64 Å². The highest BCUT2D eigenvalue weighted by Crippen LogP contribution is 2.31. The van der Waals surface area contributed by atoms with Crippen LogP contribution in [0.25, 0.3) is 5.69 Å². The summed E-state index contributed by atoms with van der Waals surface area (Å²) in [5.74, 6) is 1.75. The summed E-state index contributed by atoms with van der Waals surface area (Å²) in [6.07, 6.45) is 1.04. The summed E-state index contributed by atoms with van der Waals surface area (Å²) in [5, 5.41) is 18.5. The average molecular weight is 345 g/mol. The van der Waals surface area contributed by atoms with Crippen molar-refractivity contribution in [3.8, 4) is 17.5 Å². The molecule has 6 heteroatoms. The third-order valence-corrected chi connectivity index (χ3v) is 4.76. The van der Waals surface area contributed by atoms with Gasteiger partial charge in [-0.1, -0.05) is 42.5 Å². The van der Waals surface area contributed by atoms with Crippen molar-refractivity contribution in [3.05, 3.63) is 65.9 Å². The van der Waals surface area contributed by atoms with E-state index in [-0.39, 0.29) is 0 Å². The fraction of sp³-hybridized carbons (Fsp3) is 0.250. The Morgan fingerprint density at radius 3 is 2.62 bits per heavy atom. The minimum atomic E-state index is 0.338. The van der Waals surface area contributed by atoms with E-state index in [1.54, 1.807) is 7.11 Å². The normalized spacial score (nSPS) is 16.5. The average Bonchev–Trinajstić information content (AvgIpc) is 3.35. The van der Waals surface area contributed by atoms with Gasteiger partial charge in [-0.2, -0.15) is 5.26 Å². The topological polar surface area (TPSA) is 67.0 Å². The fourth-order valence-electron chi connectivity index (χ4n) is 3.44. The Morgan fingerprint density at radius 1 is 1.08 bits per heavy atom. The minimum Gasteiger partial charge on any atom is -0.494 e. The van der Waals surface area contributed by atoms with Gasteiger partial charge in [-0.05, 0) is 24.1 Å². The molecular formula is C20H19N5O. The molecule has 2 heterocycles. The van der Waals surface area contributed by atoms with Crippen molar-refractivity contribution < 1.29 is 4.74 Å². The second kappa shape index (κ2) is 6.89. The van der Waals surface area contributed by atoms with Gasteiger partial charge in [-0.15, -0.1) is 15.0 Å². The monoisotopic (exact) mass is 345 g/mol. The van der Waals surface area contributed by atoms with Crippen LogP contribution >= 0.6 is 0 Å². The number of anilines is 1. The van der Waals surface area contributed by atoms with Crippen molar-refractivity contribution in [1.82, 2.24) is 15.0 Å². The lowest BCUT2D eigenvalue weighted by Gasteiger charge is -2.15. The highest BCUT2D eigenvalue weighted by Gasteiger charge is 2.28. The zero-order valence-corrected chi connectivity index (χ0v) is 14.5. The molecule has 1 fully saturated rings. The Morgan fingerprint density at radius 2 is 1.85 bits per heavy atom. The van der Waals surface area contributed by atoms with Crippen LogP contribution in [0.5, 0.6) is 5.75 Å². The molecule has 0 bridgehead atoms. The summed E-state index contributed by atoms with van der Waals surface area (Å²) >= 11 is 0. The third kappa shape index (κ3) is 2.88. The quantitative estimate of drug-likeness (QED) is 0.727. The second-order valence-corrected chi connectivity index (χ2v) is 6.29. The number of rotatable bonds is 4. The molecule has 1 aliphatic rings. The largest absolute Gasteiger partial charge is 0.494 e. The Balaban J connectivity index is 1.64. The molecule has 1 atom stereocenters. The summed E-state index contributed by atoms with van der Waals surface area (Å²) in [7, 11) is 1.61. The molecule has 0 amide bonds. The van der Waals surface area contributed by atoms with Crippen LogP contribution in [-0.4, -0.2) is 35.2 Å². The smallest absolute Gasteiger partial charge is 0.207 e. The first-order chi connectivity index (χ1) is 12.8. The van der Waals surface area contributed by atoms with Crippen LogP contribution in [0.1, 0.15) is 23.6 Å². The third-order valence-electron chi connectivity index (χ3n) is 4.76. The van der Waals surface area contributed by atoms with Crippen LogP contribution in [0.4, 0.5) is 5.82 Å². The molecular weight excluding hydrogens is 326 g/mol. The van der Waals surface area contributed by atoms with E-state index < -0.39 is 0 Å². The number of aromatic nitrogens is 3. The first-order valence-corrected chi connectivity index (χ1v) is 8.61. The van der Waals surface area contributed by atoms with Crippen LogP contribution in [0.3, 0.4) is 0 Å². The number of hydrogen-bond donors (Lipinski definition) is 0. The molecule has 2 aromatic carbocycles. The number of ether oxygens (including phenoxy) is 1. The first kappa shape index (κ1) is 16.2. The molecule has 6 nitrogen and oxygen atoms in total. The lowest BCUT2D eigenvalue weighted by atomic mass is 9.99. The van der Waals surface area contributed by atoms with Gasteiger partial charge in [-0.3, -0.25) is 0 Å². The van der Waals surface area contributed by atoms with E-state index in [1.165, 1.54) is 10.4 Å². The minimum absolute atomic E-state index is 0.338. The van der Waals surface area contributed by atoms with E-state index in [2.05, 4.69) is 45.4 Å². The molecule has 0 saturated carbocycles. The summed E-state index contributed by atoms with van der Waals surface area (Å²) in [6.45, 7) is 1.70. The zero-order valence-electron chi connectivity index (χ0n) is 14.5. The maximum absolute atomic E-state index is 9.52. The maximum Gasteiger partial charge on any atom is 0.207 e. The fourth-order valence-corrected chi connectivity index (χ4v) is 3.44. The molecule has 26 heavy (non-hydrogen) atoms. The van der Waals surface area contributed by atoms with Crippen molar-refractivity contribution in [2.24, 2.45) is 0 Å². The van der Waals surface area contributed by atoms with Crippen molar-refractivity contribution in [2.75, 3.05) is 25.1 Å². The van der Waals surface area contributed by atoms with Gasteiger partial charge in [-0.25, -0.2) is 0 Å². The molecule has 1 aliphatic heterocycles. The Hall–Kier alpha value is -3.33. The zero-order chi connectivity index (χ0) is 17.9. The van der Waals surface area contributed by atoms with Gasteiger partial charge in [0.15, 0.2) is 5.82 Å². The molecule has 3 aromatic rings. The predicted molar refractivity (Wildman–Crippen MR) is 98.6 cm³/mol. The Labute approximate surface area is 152 Å². The van der Waals surface area contributed by atoms with E-state index in [0.29, 0.717) is 23.2 Å². The summed E-state index contributed by atoms with van der Waals surface area (Å²) in [6, 6.07) is 20.2. The van der Waals surface area contributed by atoms with Gasteiger partial charge in [0.25, 0.3) is 0 Å². The van der Waals surface area contributed by atoms with Gasteiger partial charge < -0.3 is 9.64 Å². The summed E-state index contributed by atoms with van der Waals surface area (Å²) < 4.78 is 5.39. The number of nitriles is 1. The molecule has 1 aromatic heterocycles. The van der Waals surface area contributed by atoms with Crippen molar-refractivity contribution >= 4 is 5.82 Å². The number of nitrogens with zero attached hydrogens (tertiary/aromatic N) is 5. The molecule has 0 aliphatic carbocycles. The molecule has 0 radical (unpaired) electrons. The lowest BCUT2D eigenvalue weighted by Crippen LogP contribution is -2.20. The van der Waals surface area contributed by atoms with E-state index >= 15 is 0 Å². The molecule has 0 spiro atoms. The summed E-state index contributed by atoms with van der Waals surface area (Å²) in [5.41, 5.74) is 2.38. The molecule has 4 rings (SSSR count). The number of para-hydroxylation sites is 2. The van der Waals surface area contributed by atoms with Crippen LogP contribution in [-0.2, 0) is 0 Å². The van der Waals surface area contributed by atoms with Gasteiger partial charge >= 0.3 is 0 Å². The summed E-state index contributed by atoms with van der Waals surface area (Å²) in [4.78, 5) is 3.64. The van der Waals surface area contributed by atoms with Gasteiger partial charge in [0.2, 0.25) is 5.69 Å².